The quantitative estimate of drug-likeness (QED) is 0.148. The molecular weight excluding hydrogens is 785 g/mol. The lowest BCUT2D eigenvalue weighted by atomic mass is 9.59. The summed E-state index contributed by atoms with van der Waals surface area (Å²) in [5.41, 5.74) is 10.2. The number of carbonyl (C=O) groups excluding carboxylic acids is 4. The summed E-state index contributed by atoms with van der Waals surface area (Å²) in [4.78, 5) is 63.9. The summed E-state index contributed by atoms with van der Waals surface area (Å²) in [5, 5.41) is 18.1. The molecule has 1 spiro atoms. The summed E-state index contributed by atoms with van der Waals surface area (Å²) in [7, 11) is 0. The van der Waals surface area contributed by atoms with Gasteiger partial charge in [-0.1, -0.05) is 18.2 Å². The molecule has 1 atom stereocenters. The largest absolute Gasteiger partial charge is 0.457 e. The van der Waals surface area contributed by atoms with Crippen LogP contribution in [0.15, 0.2) is 89.2 Å². The van der Waals surface area contributed by atoms with Crippen molar-refractivity contribution in [1.29, 1.82) is 5.41 Å². The summed E-state index contributed by atoms with van der Waals surface area (Å²) in [6, 6.07) is 22.5. The monoisotopic (exact) mass is 838 g/mol. The van der Waals surface area contributed by atoms with E-state index in [0.717, 1.165) is 80.6 Å². The number of amidine groups is 1. The van der Waals surface area contributed by atoms with Crippen molar-refractivity contribution in [3.8, 4) is 11.5 Å². The molecule has 15 heteroatoms. The molecule has 62 heavy (non-hydrogen) atoms. The van der Waals surface area contributed by atoms with Crippen LogP contribution in [0.25, 0.3) is 0 Å². The van der Waals surface area contributed by atoms with E-state index in [2.05, 4.69) is 30.7 Å². The van der Waals surface area contributed by atoms with Gasteiger partial charge in [-0.2, -0.15) is 0 Å². The van der Waals surface area contributed by atoms with E-state index in [1.165, 1.54) is 25.7 Å². The number of nitrogens with one attached hydrogen (secondary N) is 4. The third-order valence-corrected chi connectivity index (χ3v) is 14.3. The van der Waals surface area contributed by atoms with Gasteiger partial charge in [-0.15, -0.1) is 0 Å². The van der Waals surface area contributed by atoms with Crippen molar-refractivity contribution in [3.05, 3.63) is 101 Å². The maximum absolute atomic E-state index is 13.3. The lowest BCUT2D eigenvalue weighted by molar-refractivity contribution is -0.136. The number of rotatable bonds is 10. The predicted molar refractivity (Wildman–Crippen MR) is 234 cm³/mol. The van der Waals surface area contributed by atoms with E-state index in [-0.39, 0.29) is 24.8 Å². The van der Waals surface area contributed by atoms with Crippen molar-refractivity contribution in [1.82, 2.24) is 30.7 Å². The number of aliphatic imine (C=N–C) groups is 1. The van der Waals surface area contributed by atoms with Gasteiger partial charge in [-0.3, -0.25) is 34.8 Å². The van der Waals surface area contributed by atoms with Crippen LogP contribution in [0.2, 0.25) is 0 Å². The van der Waals surface area contributed by atoms with Crippen LogP contribution in [0.3, 0.4) is 0 Å². The molecule has 0 radical (unpaired) electrons. The van der Waals surface area contributed by atoms with Crippen molar-refractivity contribution in [3.63, 3.8) is 0 Å². The van der Waals surface area contributed by atoms with E-state index >= 15 is 0 Å². The molecule has 10 rings (SSSR count). The maximum Gasteiger partial charge on any atom is 0.262 e. The summed E-state index contributed by atoms with van der Waals surface area (Å²) in [6.07, 6.45) is 7.37. The number of likely N-dealkylation sites (tertiary alicyclic amines) is 2. The molecule has 15 nitrogen and oxygen atoms in total. The second-order valence-electron chi connectivity index (χ2n) is 18.2. The van der Waals surface area contributed by atoms with Gasteiger partial charge in [0, 0.05) is 68.4 Å². The summed E-state index contributed by atoms with van der Waals surface area (Å²) >= 11 is 0. The van der Waals surface area contributed by atoms with Crippen molar-refractivity contribution < 1.29 is 23.9 Å². The summed E-state index contributed by atoms with van der Waals surface area (Å²) in [6.45, 7) is 7.64. The van der Waals surface area contributed by atoms with Crippen LogP contribution in [0, 0.1) is 16.7 Å². The highest BCUT2D eigenvalue weighted by Gasteiger charge is 2.49. The first kappa shape index (κ1) is 40.0. The molecule has 6 aliphatic heterocycles. The third kappa shape index (κ3) is 7.72. The number of hydrogen-bond acceptors (Lipinski definition) is 13. The number of nitrogens with zero attached hydrogens (tertiary/aromatic N) is 5. The van der Waals surface area contributed by atoms with Crippen LogP contribution in [-0.2, 0) is 9.59 Å². The average molecular weight is 839 g/mol. The molecule has 0 bridgehead atoms. The van der Waals surface area contributed by atoms with Crippen LogP contribution >= 0.6 is 0 Å². The topological polar surface area (TPSA) is 189 Å². The fourth-order valence-electron chi connectivity index (χ4n) is 10.7. The number of nitrogens with two attached hydrogens (primary N) is 1. The number of fused-ring (bicyclic) bond motifs is 1. The predicted octanol–water partition coefficient (Wildman–Crippen LogP) is 3.81. The molecule has 322 valence electrons. The molecule has 3 aromatic rings. The van der Waals surface area contributed by atoms with E-state index in [9.17, 15) is 19.2 Å². The molecule has 0 aromatic heterocycles. The van der Waals surface area contributed by atoms with Gasteiger partial charge in [-0.25, -0.2) is 4.99 Å². The first-order valence-electron chi connectivity index (χ1n) is 22.1. The zero-order valence-corrected chi connectivity index (χ0v) is 34.9. The number of benzene rings is 3. The standard InChI is InChI=1S/C47H54N10O5/c48-41(30-6-9-35(10-7-30)62-34-4-2-1-3-5-34)40-42(49)50-28-51-43(40)52-31-14-18-55(19-15-31)33-23-47(24-33)16-20-54(21-17-47)25-29-26-56(27-29)32-8-11-36-37(22-32)46(61)57(45(36)60)38-12-13-39(58)53-44(38)59/h1-11,22,29,31,33,38,48,50H,12-21,23-28,49H2,(H,51,52)(H,53,58,59). The van der Waals surface area contributed by atoms with Gasteiger partial charge in [-0.05, 0) is 118 Å². The highest BCUT2D eigenvalue weighted by Crippen LogP contribution is 2.51. The van der Waals surface area contributed by atoms with Crippen LogP contribution in [0.1, 0.15) is 77.6 Å². The zero-order valence-electron chi connectivity index (χ0n) is 34.9. The Morgan fingerprint density at radius 3 is 2.31 bits per heavy atom. The minimum absolute atomic E-state index is 0.104. The minimum atomic E-state index is -0.956. The second-order valence-corrected chi connectivity index (χ2v) is 18.2. The van der Waals surface area contributed by atoms with E-state index in [4.69, 9.17) is 20.9 Å². The Kier molecular flexibility index (Phi) is 10.5. The van der Waals surface area contributed by atoms with E-state index in [1.807, 2.05) is 60.7 Å². The molecule has 6 heterocycles. The number of hydrogen-bond donors (Lipinski definition) is 5. The van der Waals surface area contributed by atoms with Crippen molar-refractivity contribution in [2.45, 2.75) is 69.5 Å². The van der Waals surface area contributed by atoms with Crippen molar-refractivity contribution in [2.24, 2.45) is 22.1 Å². The Bertz CT molecular complexity index is 2340. The smallest absolute Gasteiger partial charge is 0.262 e. The summed E-state index contributed by atoms with van der Waals surface area (Å²) in [5.74, 6) is 1.26. The molecule has 4 saturated heterocycles. The molecular formula is C47H54N10O5. The number of carbonyl (C=O) groups is 4. The van der Waals surface area contributed by atoms with Gasteiger partial charge in [0.15, 0.2) is 0 Å². The lowest BCUT2D eigenvalue weighted by Crippen LogP contribution is -2.58. The number of piperidine rings is 3. The van der Waals surface area contributed by atoms with Gasteiger partial charge in [0.25, 0.3) is 11.8 Å². The second kappa shape index (κ2) is 16.3. The van der Waals surface area contributed by atoms with Crippen LogP contribution < -0.4 is 31.3 Å². The lowest BCUT2D eigenvalue weighted by Gasteiger charge is -2.56. The van der Waals surface area contributed by atoms with Crippen molar-refractivity contribution in [2.75, 3.05) is 57.4 Å². The first-order chi connectivity index (χ1) is 30.1. The number of imide groups is 2. The molecule has 1 saturated carbocycles. The molecule has 3 aromatic carbocycles. The number of para-hydroxylation sites is 1. The highest BCUT2D eigenvalue weighted by atomic mass is 16.5. The fraction of sp³-hybridized carbons (Fsp3) is 0.447. The summed E-state index contributed by atoms with van der Waals surface area (Å²) < 4.78 is 5.95. The molecule has 4 amide bonds. The zero-order chi connectivity index (χ0) is 42.5. The number of anilines is 1. The van der Waals surface area contributed by atoms with E-state index < -0.39 is 23.8 Å². The van der Waals surface area contributed by atoms with Crippen LogP contribution in [-0.4, -0.2) is 120 Å². The fourth-order valence-corrected chi connectivity index (χ4v) is 10.7. The molecule has 1 unspecified atom stereocenters. The van der Waals surface area contributed by atoms with E-state index in [1.54, 1.807) is 12.1 Å². The molecule has 1 aliphatic carbocycles. The Hall–Kier alpha value is -6.06. The number of amides is 4. The first-order valence-corrected chi connectivity index (χ1v) is 22.1. The Morgan fingerprint density at radius 2 is 1.58 bits per heavy atom. The number of ether oxygens (including phenoxy) is 1. The Balaban J connectivity index is 0.650. The molecule has 5 fully saturated rings. The van der Waals surface area contributed by atoms with Crippen molar-refractivity contribution >= 4 is 40.9 Å². The van der Waals surface area contributed by atoms with Crippen LogP contribution in [0.4, 0.5) is 5.69 Å². The third-order valence-electron chi connectivity index (χ3n) is 14.3. The molecule has 6 N–H and O–H groups in total. The van der Waals surface area contributed by atoms with Gasteiger partial charge >= 0.3 is 0 Å². The molecule has 7 aliphatic rings. The van der Waals surface area contributed by atoms with E-state index in [0.29, 0.717) is 63.9 Å². The van der Waals surface area contributed by atoms with Gasteiger partial charge in [0.2, 0.25) is 11.8 Å². The minimum Gasteiger partial charge on any atom is -0.457 e. The normalized spacial score (nSPS) is 23.7. The Morgan fingerprint density at radius 1 is 0.871 bits per heavy atom. The average Bonchev–Trinajstić information content (AvgIpc) is 3.50. The van der Waals surface area contributed by atoms with Gasteiger partial charge < -0.3 is 35.8 Å². The maximum atomic E-state index is 13.3. The Labute approximate surface area is 361 Å². The van der Waals surface area contributed by atoms with Crippen LogP contribution in [0.5, 0.6) is 11.5 Å². The highest BCUT2D eigenvalue weighted by molar-refractivity contribution is 6.29. The SMILES string of the molecule is N=C(C1=C(N)NCN=C1NC1CCN(C2CC3(CCN(CC4CN(c5ccc6c(c5)C(=O)N(C5CCC(=O)NC5=O)C6=O)C4)CC3)C2)CC1)c1ccc(Oc2ccccc2)cc1. The van der Waals surface area contributed by atoms with Gasteiger partial charge in [0.1, 0.15) is 35.9 Å². The van der Waals surface area contributed by atoms with Gasteiger partial charge in [0.05, 0.1) is 22.4 Å².